The topological polar surface area (TPSA) is 80.8 Å². The van der Waals surface area contributed by atoms with Crippen LogP contribution in [0.25, 0.3) is 0 Å². The van der Waals surface area contributed by atoms with Crippen LogP contribution in [0.3, 0.4) is 0 Å². The average Bonchev–Trinajstić information content (AvgIpc) is 3.40. The second-order valence-electron chi connectivity index (χ2n) is 7.52. The number of carbonyl (C=O) groups excluding carboxylic acids is 2. The molecule has 7 nitrogen and oxygen atoms in total. The van der Waals surface area contributed by atoms with Gasteiger partial charge in [-0.25, -0.2) is 4.98 Å². The van der Waals surface area contributed by atoms with Gasteiger partial charge in [0.25, 0.3) is 0 Å². The minimum absolute atomic E-state index is 0.0827. The van der Waals surface area contributed by atoms with E-state index in [1.807, 2.05) is 24.3 Å². The van der Waals surface area contributed by atoms with Crippen LogP contribution < -0.4 is 19.7 Å². The lowest BCUT2D eigenvalue weighted by atomic mass is 10.1. The number of rotatable bonds is 5. The van der Waals surface area contributed by atoms with Crippen molar-refractivity contribution in [2.24, 2.45) is 5.92 Å². The van der Waals surface area contributed by atoms with Crippen molar-refractivity contribution in [3.63, 3.8) is 0 Å². The van der Waals surface area contributed by atoms with Crippen LogP contribution in [0.1, 0.15) is 16.9 Å². The van der Waals surface area contributed by atoms with Gasteiger partial charge in [0.2, 0.25) is 11.8 Å². The van der Waals surface area contributed by atoms with Gasteiger partial charge in [-0.15, -0.1) is 11.3 Å². The maximum Gasteiger partial charge on any atom is 0.231 e. The molecule has 2 aromatic carbocycles. The summed E-state index contributed by atoms with van der Waals surface area (Å²) < 4.78 is 11.1. The fraction of sp³-hybridized carbons (Fsp3) is 0.261. The molecule has 31 heavy (non-hydrogen) atoms. The summed E-state index contributed by atoms with van der Waals surface area (Å²) in [5, 5.41) is 3.43. The third-order valence-electron chi connectivity index (χ3n) is 5.34. The lowest BCUT2D eigenvalue weighted by Crippen LogP contribution is -2.28. The highest BCUT2D eigenvalue weighted by molar-refractivity contribution is 7.15. The predicted molar refractivity (Wildman–Crippen MR) is 118 cm³/mol. The maximum absolute atomic E-state index is 12.8. The number of nitrogens with zero attached hydrogens (tertiary/aromatic N) is 2. The van der Waals surface area contributed by atoms with Gasteiger partial charge in [-0.2, -0.15) is 0 Å². The van der Waals surface area contributed by atoms with Gasteiger partial charge >= 0.3 is 0 Å². The lowest BCUT2D eigenvalue weighted by molar-refractivity contribution is -0.122. The summed E-state index contributed by atoms with van der Waals surface area (Å²) in [4.78, 5) is 32.4. The molecule has 3 heterocycles. The molecule has 0 saturated carbocycles. The van der Waals surface area contributed by atoms with E-state index >= 15 is 0 Å². The number of anilines is 2. The van der Waals surface area contributed by atoms with Crippen molar-refractivity contribution in [3.8, 4) is 11.5 Å². The Balaban J connectivity index is 1.22. The highest BCUT2D eigenvalue weighted by atomic mass is 32.1. The van der Waals surface area contributed by atoms with Gasteiger partial charge in [-0.3, -0.25) is 9.59 Å². The van der Waals surface area contributed by atoms with Crippen molar-refractivity contribution in [3.05, 3.63) is 65.2 Å². The molecular formula is C23H21N3O4S. The Kier molecular flexibility index (Phi) is 5.30. The Labute approximate surface area is 183 Å². The number of ether oxygens (including phenoxy) is 2. The summed E-state index contributed by atoms with van der Waals surface area (Å²) >= 11 is 1.46. The summed E-state index contributed by atoms with van der Waals surface area (Å²) in [5.41, 5.74) is 1.91. The number of hydrogen-bond donors (Lipinski definition) is 1. The number of fused-ring (bicyclic) bond motifs is 1. The van der Waals surface area contributed by atoms with Crippen LogP contribution in [0, 0.1) is 5.92 Å². The van der Waals surface area contributed by atoms with E-state index in [0.717, 1.165) is 11.3 Å². The van der Waals surface area contributed by atoms with Crippen LogP contribution in [0.2, 0.25) is 0 Å². The van der Waals surface area contributed by atoms with E-state index in [9.17, 15) is 9.59 Å². The molecule has 1 fully saturated rings. The molecular weight excluding hydrogens is 414 g/mol. The van der Waals surface area contributed by atoms with Crippen LogP contribution in [-0.2, 0) is 16.0 Å². The van der Waals surface area contributed by atoms with E-state index in [2.05, 4.69) is 22.4 Å². The molecule has 0 unspecified atom stereocenters. The molecule has 1 atom stereocenters. The Morgan fingerprint density at radius 2 is 1.94 bits per heavy atom. The number of benzene rings is 2. The molecule has 2 aliphatic heterocycles. The third-order valence-corrected chi connectivity index (χ3v) is 6.25. The van der Waals surface area contributed by atoms with Crippen LogP contribution in [0.15, 0.2) is 54.7 Å². The summed E-state index contributed by atoms with van der Waals surface area (Å²) in [6.07, 6.45) is 2.73. The number of carbonyl (C=O) groups is 2. The molecule has 1 N–H and O–H groups in total. The fourth-order valence-corrected chi connectivity index (χ4v) is 4.63. The first-order chi connectivity index (χ1) is 15.2. The number of thiazole rings is 1. The van der Waals surface area contributed by atoms with Gasteiger partial charge < -0.3 is 19.7 Å². The fourth-order valence-electron chi connectivity index (χ4n) is 3.78. The Bertz CT molecular complexity index is 1120. The zero-order valence-electron chi connectivity index (χ0n) is 16.7. The molecule has 0 spiro atoms. The van der Waals surface area contributed by atoms with Crippen LogP contribution in [0.4, 0.5) is 10.8 Å². The molecule has 0 aliphatic carbocycles. The smallest absolute Gasteiger partial charge is 0.231 e. The van der Waals surface area contributed by atoms with Gasteiger partial charge in [0.05, 0.1) is 5.92 Å². The highest BCUT2D eigenvalue weighted by Crippen LogP contribution is 2.36. The zero-order valence-corrected chi connectivity index (χ0v) is 17.6. The molecule has 0 bridgehead atoms. The number of aromatic nitrogens is 1. The first-order valence-corrected chi connectivity index (χ1v) is 11.0. The SMILES string of the molecule is O=C(Nc1ncc(Cc2ccccc2)s1)[C@H]1CC(=O)N(c2ccc3c(c2)OCCO3)C1. The van der Waals surface area contributed by atoms with Gasteiger partial charge in [0.15, 0.2) is 16.6 Å². The molecule has 3 aromatic rings. The quantitative estimate of drug-likeness (QED) is 0.664. The molecule has 1 aromatic heterocycles. The minimum atomic E-state index is -0.429. The number of hydrogen-bond acceptors (Lipinski definition) is 6. The lowest BCUT2D eigenvalue weighted by Gasteiger charge is -2.22. The molecule has 1 saturated heterocycles. The van der Waals surface area contributed by atoms with E-state index < -0.39 is 5.92 Å². The van der Waals surface area contributed by atoms with E-state index in [0.29, 0.717) is 42.1 Å². The van der Waals surface area contributed by atoms with E-state index in [-0.39, 0.29) is 18.2 Å². The van der Waals surface area contributed by atoms with Crippen molar-refractivity contribution in [2.45, 2.75) is 12.8 Å². The van der Waals surface area contributed by atoms with Gasteiger partial charge in [-0.05, 0) is 17.7 Å². The van der Waals surface area contributed by atoms with Crippen LogP contribution >= 0.6 is 11.3 Å². The van der Waals surface area contributed by atoms with Gasteiger partial charge in [-0.1, -0.05) is 30.3 Å². The average molecular weight is 436 g/mol. The molecule has 2 amide bonds. The summed E-state index contributed by atoms with van der Waals surface area (Å²) in [7, 11) is 0. The van der Waals surface area contributed by atoms with Crippen molar-refractivity contribution in [1.29, 1.82) is 0 Å². The first kappa shape index (κ1) is 19.6. The minimum Gasteiger partial charge on any atom is -0.486 e. The van der Waals surface area contributed by atoms with Crippen molar-refractivity contribution >= 4 is 34.0 Å². The number of nitrogens with one attached hydrogen (secondary N) is 1. The van der Waals surface area contributed by atoms with Crippen LogP contribution in [-0.4, -0.2) is 36.6 Å². The highest BCUT2D eigenvalue weighted by Gasteiger charge is 2.36. The molecule has 5 rings (SSSR count). The predicted octanol–water partition coefficient (Wildman–Crippen LogP) is 3.50. The molecule has 8 heteroatoms. The van der Waals surface area contributed by atoms with Crippen molar-refractivity contribution in [1.82, 2.24) is 4.98 Å². The number of amides is 2. The zero-order chi connectivity index (χ0) is 21.2. The van der Waals surface area contributed by atoms with Gasteiger partial charge in [0, 0.05) is 42.2 Å². The van der Waals surface area contributed by atoms with Crippen LogP contribution in [0.5, 0.6) is 11.5 Å². The second-order valence-corrected chi connectivity index (χ2v) is 8.63. The first-order valence-electron chi connectivity index (χ1n) is 10.2. The monoisotopic (exact) mass is 435 g/mol. The largest absolute Gasteiger partial charge is 0.486 e. The summed E-state index contributed by atoms with van der Waals surface area (Å²) in [6, 6.07) is 15.5. The standard InChI is InChI=1S/C23H21N3O4S/c27-21-11-16(14-26(21)17-6-7-19-20(12-17)30-9-8-29-19)22(28)25-23-24-13-18(31-23)10-15-4-2-1-3-5-15/h1-7,12-13,16H,8-11,14H2,(H,24,25,28)/t16-/m0/s1. The van der Waals surface area contributed by atoms with E-state index in [1.54, 1.807) is 23.2 Å². The molecule has 0 radical (unpaired) electrons. The molecule has 2 aliphatic rings. The van der Waals surface area contributed by atoms with Gasteiger partial charge in [0.1, 0.15) is 13.2 Å². The second kappa shape index (κ2) is 8.39. The Hall–Kier alpha value is -3.39. The normalized spacial score (nSPS) is 17.6. The van der Waals surface area contributed by atoms with E-state index in [1.165, 1.54) is 16.9 Å². The van der Waals surface area contributed by atoms with Crippen molar-refractivity contribution < 1.29 is 19.1 Å². The molecule has 158 valence electrons. The Morgan fingerprint density at radius 1 is 1.13 bits per heavy atom. The Morgan fingerprint density at radius 3 is 2.77 bits per heavy atom. The third kappa shape index (κ3) is 4.25. The van der Waals surface area contributed by atoms with E-state index in [4.69, 9.17) is 9.47 Å². The maximum atomic E-state index is 12.8. The van der Waals surface area contributed by atoms with Crippen molar-refractivity contribution in [2.75, 3.05) is 30.0 Å². The summed E-state index contributed by atoms with van der Waals surface area (Å²) in [5.74, 6) is 0.598. The summed E-state index contributed by atoms with van der Waals surface area (Å²) in [6.45, 7) is 1.32.